The molecule has 0 spiro atoms. The summed E-state index contributed by atoms with van der Waals surface area (Å²) in [6.45, 7) is 7.70. The Labute approximate surface area is 124 Å². The van der Waals surface area contributed by atoms with Crippen LogP contribution in [0.25, 0.3) is 0 Å². The number of hydrogen-bond donors (Lipinski definition) is 1. The molecule has 0 aromatic heterocycles. The van der Waals surface area contributed by atoms with Crippen molar-refractivity contribution in [2.24, 2.45) is 11.7 Å². The zero-order valence-corrected chi connectivity index (χ0v) is 13.4. The Kier molecular flexibility index (Phi) is 6.50. The lowest BCUT2D eigenvalue weighted by Crippen LogP contribution is -2.41. The molecule has 0 aliphatic rings. The first-order valence-corrected chi connectivity index (χ1v) is 7.43. The largest absolute Gasteiger partial charge is 0.326 e. The van der Waals surface area contributed by atoms with E-state index in [0.29, 0.717) is 0 Å². The van der Waals surface area contributed by atoms with Gasteiger partial charge in [0.1, 0.15) is 0 Å². The van der Waals surface area contributed by atoms with E-state index in [2.05, 4.69) is 46.0 Å². The Morgan fingerprint density at radius 3 is 2.58 bits per heavy atom. The van der Waals surface area contributed by atoms with Gasteiger partial charge in [-0.3, -0.25) is 4.90 Å². The maximum absolute atomic E-state index is 9.00. The molecule has 3 nitrogen and oxygen atoms in total. The standard InChI is InChI=1S/C15H22BrN3/c1-4-19(10-11(2)9-17)15(12(3)18)13-6-5-7-14(16)8-13/h5-8,11-12,15H,4,10,18H2,1-3H3. The fourth-order valence-corrected chi connectivity index (χ4v) is 2.79. The van der Waals surface area contributed by atoms with E-state index in [9.17, 15) is 0 Å². The van der Waals surface area contributed by atoms with Crippen molar-refractivity contribution >= 4 is 15.9 Å². The lowest BCUT2D eigenvalue weighted by atomic mass is 9.98. The van der Waals surface area contributed by atoms with Gasteiger partial charge < -0.3 is 5.73 Å². The van der Waals surface area contributed by atoms with Crippen LogP contribution in [0.2, 0.25) is 0 Å². The summed E-state index contributed by atoms with van der Waals surface area (Å²) >= 11 is 3.50. The van der Waals surface area contributed by atoms with Crippen molar-refractivity contribution in [3.63, 3.8) is 0 Å². The molecule has 0 heterocycles. The lowest BCUT2D eigenvalue weighted by molar-refractivity contribution is 0.173. The summed E-state index contributed by atoms with van der Waals surface area (Å²) in [5.74, 6) is 0.00773. The molecule has 1 rings (SSSR count). The second-order valence-corrected chi connectivity index (χ2v) is 5.89. The zero-order chi connectivity index (χ0) is 14.4. The van der Waals surface area contributed by atoms with Crippen molar-refractivity contribution in [3.8, 4) is 6.07 Å². The molecule has 0 aliphatic heterocycles. The lowest BCUT2D eigenvalue weighted by Gasteiger charge is -2.34. The van der Waals surface area contributed by atoms with Crippen molar-refractivity contribution in [2.75, 3.05) is 13.1 Å². The van der Waals surface area contributed by atoms with Crippen LogP contribution in [0.4, 0.5) is 0 Å². The molecule has 19 heavy (non-hydrogen) atoms. The summed E-state index contributed by atoms with van der Waals surface area (Å²) in [5.41, 5.74) is 7.36. The van der Waals surface area contributed by atoms with Gasteiger partial charge in [-0.25, -0.2) is 0 Å². The number of hydrogen-bond acceptors (Lipinski definition) is 3. The average molecular weight is 324 g/mol. The Balaban J connectivity index is 3.02. The van der Waals surface area contributed by atoms with E-state index in [-0.39, 0.29) is 18.0 Å². The van der Waals surface area contributed by atoms with E-state index in [4.69, 9.17) is 11.0 Å². The van der Waals surface area contributed by atoms with Crippen LogP contribution in [-0.4, -0.2) is 24.0 Å². The van der Waals surface area contributed by atoms with E-state index >= 15 is 0 Å². The number of nitrogens with two attached hydrogens (primary N) is 1. The maximum atomic E-state index is 9.00. The highest BCUT2D eigenvalue weighted by Crippen LogP contribution is 2.26. The predicted octanol–water partition coefficient (Wildman–Crippen LogP) is 3.32. The van der Waals surface area contributed by atoms with Gasteiger partial charge in [-0.05, 0) is 38.1 Å². The minimum atomic E-state index is 0.00773. The van der Waals surface area contributed by atoms with Gasteiger partial charge in [-0.15, -0.1) is 0 Å². The van der Waals surface area contributed by atoms with Crippen LogP contribution in [-0.2, 0) is 0 Å². The molecule has 2 N–H and O–H groups in total. The van der Waals surface area contributed by atoms with Gasteiger partial charge in [0, 0.05) is 23.1 Å². The van der Waals surface area contributed by atoms with Crippen LogP contribution in [0.3, 0.4) is 0 Å². The molecular formula is C15H22BrN3. The fourth-order valence-electron chi connectivity index (χ4n) is 2.37. The number of likely N-dealkylation sites (N-methyl/N-ethyl adjacent to an activating group) is 1. The molecule has 1 aromatic rings. The minimum Gasteiger partial charge on any atom is -0.326 e. The van der Waals surface area contributed by atoms with E-state index in [0.717, 1.165) is 17.6 Å². The Morgan fingerprint density at radius 1 is 1.42 bits per heavy atom. The second kappa shape index (κ2) is 7.64. The van der Waals surface area contributed by atoms with Gasteiger partial charge in [0.05, 0.1) is 12.0 Å². The summed E-state index contributed by atoms with van der Waals surface area (Å²) in [4.78, 5) is 2.28. The van der Waals surface area contributed by atoms with Crippen LogP contribution < -0.4 is 5.73 Å². The Morgan fingerprint density at radius 2 is 2.11 bits per heavy atom. The molecule has 1 aromatic carbocycles. The van der Waals surface area contributed by atoms with Gasteiger partial charge in [-0.1, -0.05) is 35.0 Å². The van der Waals surface area contributed by atoms with Gasteiger partial charge in [0.25, 0.3) is 0 Å². The maximum Gasteiger partial charge on any atom is 0.0666 e. The summed E-state index contributed by atoms with van der Waals surface area (Å²) in [7, 11) is 0. The third-order valence-corrected chi connectivity index (χ3v) is 3.71. The van der Waals surface area contributed by atoms with Crippen molar-refractivity contribution in [2.45, 2.75) is 32.9 Å². The Bertz CT molecular complexity index is 439. The van der Waals surface area contributed by atoms with Crippen LogP contribution in [0, 0.1) is 17.2 Å². The number of benzene rings is 1. The first-order chi connectivity index (χ1) is 8.99. The quantitative estimate of drug-likeness (QED) is 0.873. The average Bonchev–Trinajstić information content (AvgIpc) is 2.37. The fraction of sp³-hybridized carbons (Fsp3) is 0.533. The molecule has 4 heteroatoms. The summed E-state index contributed by atoms with van der Waals surface area (Å²) in [6.07, 6.45) is 0. The first-order valence-electron chi connectivity index (χ1n) is 6.64. The SMILES string of the molecule is CCN(CC(C)C#N)C(c1cccc(Br)c1)C(C)N. The van der Waals surface area contributed by atoms with E-state index in [1.165, 1.54) is 5.56 Å². The van der Waals surface area contributed by atoms with Crippen molar-refractivity contribution < 1.29 is 0 Å². The number of nitriles is 1. The highest BCUT2D eigenvalue weighted by molar-refractivity contribution is 9.10. The highest BCUT2D eigenvalue weighted by atomic mass is 79.9. The molecular weight excluding hydrogens is 302 g/mol. The molecule has 0 radical (unpaired) electrons. The summed E-state index contributed by atoms with van der Waals surface area (Å²) in [6, 6.07) is 10.7. The molecule has 3 atom stereocenters. The third-order valence-electron chi connectivity index (χ3n) is 3.22. The van der Waals surface area contributed by atoms with Crippen molar-refractivity contribution in [3.05, 3.63) is 34.3 Å². The predicted molar refractivity (Wildman–Crippen MR) is 82.6 cm³/mol. The van der Waals surface area contributed by atoms with Crippen LogP contribution in [0.5, 0.6) is 0 Å². The number of nitrogens with zero attached hydrogens (tertiary/aromatic N) is 2. The highest BCUT2D eigenvalue weighted by Gasteiger charge is 2.24. The number of halogens is 1. The summed E-state index contributed by atoms with van der Waals surface area (Å²) < 4.78 is 1.06. The van der Waals surface area contributed by atoms with E-state index in [1.807, 2.05) is 26.0 Å². The van der Waals surface area contributed by atoms with Crippen molar-refractivity contribution in [1.82, 2.24) is 4.90 Å². The molecule has 0 aliphatic carbocycles. The normalized spacial score (nSPS) is 15.8. The molecule has 0 saturated carbocycles. The van der Waals surface area contributed by atoms with E-state index < -0.39 is 0 Å². The zero-order valence-electron chi connectivity index (χ0n) is 11.8. The van der Waals surface area contributed by atoms with E-state index in [1.54, 1.807) is 0 Å². The first kappa shape index (κ1) is 16.2. The number of rotatable bonds is 6. The van der Waals surface area contributed by atoms with Crippen LogP contribution in [0.15, 0.2) is 28.7 Å². The smallest absolute Gasteiger partial charge is 0.0666 e. The topological polar surface area (TPSA) is 53.0 Å². The molecule has 3 unspecified atom stereocenters. The molecule has 0 fully saturated rings. The van der Waals surface area contributed by atoms with Gasteiger partial charge in [0.15, 0.2) is 0 Å². The molecule has 0 bridgehead atoms. The van der Waals surface area contributed by atoms with Crippen molar-refractivity contribution in [1.29, 1.82) is 5.26 Å². The third kappa shape index (κ3) is 4.61. The van der Waals surface area contributed by atoms with Crippen LogP contribution >= 0.6 is 15.9 Å². The van der Waals surface area contributed by atoms with Gasteiger partial charge in [0.2, 0.25) is 0 Å². The monoisotopic (exact) mass is 323 g/mol. The van der Waals surface area contributed by atoms with Gasteiger partial charge >= 0.3 is 0 Å². The second-order valence-electron chi connectivity index (χ2n) is 4.98. The van der Waals surface area contributed by atoms with Gasteiger partial charge in [-0.2, -0.15) is 5.26 Å². The molecule has 104 valence electrons. The molecule has 0 saturated heterocycles. The minimum absolute atomic E-state index is 0.00773. The van der Waals surface area contributed by atoms with Crippen LogP contribution in [0.1, 0.15) is 32.4 Å². The summed E-state index contributed by atoms with van der Waals surface area (Å²) in [5, 5.41) is 9.00. The molecule has 0 amide bonds. The Hall–Kier alpha value is -0.890.